The van der Waals surface area contributed by atoms with E-state index in [1.165, 1.54) is 4.90 Å². The Labute approximate surface area is 111 Å². The summed E-state index contributed by atoms with van der Waals surface area (Å²) in [7, 11) is -1.37. The quantitative estimate of drug-likeness (QED) is 0.820. The molecule has 0 spiro atoms. The summed E-state index contributed by atoms with van der Waals surface area (Å²) in [6, 6.07) is 1.43. The third kappa shape index (κ3) is 2.51. The summed E-state index contributed by atoms with van der Waals surface area (Å²) in [6.45, 7) is 0. The molecule has 6 nitrogen and oxygen atoms in total. The lowest BCUT2D eigenvalue weighted by Crippen LogP contribution is -2.37. The van der Waals surface area contributed by atoms with Crippen LogP contribution in [0, 0.1) is 0 Å². The van der Waals surface area contributed by atoms with Gasteiger partial charge in [-0.2, -0.15) is 0 Å². The summed E-state index contributed by atoms with van der Waals surface area (Å²) in [5.74, 6) is 1.10. The number of hydrogen-bond donors (Lipinski definition) is 0. The topological polar surface area (TPSA) is 80.5 Å². The second kappa shape index (κ2) is 4.33. The first-order valence-electron chi connectivity index (χ1n) is 6.40. The van der Waals surface area contributed by atoms with Gasteiger partial charge in [0.1, 0.15) is 5.76 Å². The maximum Gasteiger partial charge on any atom is 0.276 e. The monoisotopic (exact) mass is 284 g/mol. The molecular weight excluding hydrogens is 268 g/mol. The fourth-order valence-electron chi connectivity index (χ4n) is 2.38. The Balaban J connectivity index is 1.72. The van der Waals surface area contributed by atoms with Crippen molar-refractivity contribution in [3.05, 3.63) is 17.5 Å². The zero-order valence-corrected chi connectivity index (χ0v) is 11.5. The number of nitrogens with zero attached hydrogens (tertiary/aromatic N) is 2. The molecule has 0 aromatic carbocycles. The van der Waals surface area contributed by atoms with Gasteiger partial charge in [0.2, 0.25) is 0 Å². The van der Waals surface area contributed by atoms with E-state index in [4.69, 9.17) is 4.52 Å². The van der Waals surface area contributed by atoms with Crippen LogP contribution in [0.25, 0.3) is 0 Å². The van der Waals surface area contributed by atoms with Crippen molar-refractivity contribution in [1.29, 1.82) is 0 Å². The molecule has 3 rings (SSSR count). The molecule has 0 N–H and O–H groups in total. The predicted molar refractivity (Wildman–Crippen MR) is 67.6 cm³/mol. The molecule has 1 amide bonds. The van der Waals surface area contributed by atoms with Gasteiger partial charge in [-0.15, -0.1) is 0 Å². The van der Waals surface area contributed by atoms with Gasteiger partial charge in [-0.1, -0.05) is 5.16 Å². The molecule has 1 saturated carbocycles. The first-order chi connectivity index (χ1) is 8.96. The molecule has 2 heterocycles. The lowest BCUT2D eigenvalue weighted by atomic mass is 10.2. The van der Waals surface area contributed by atoms with E-state index in [1.54, 1.807) is 13.1 Å². The van der Waals surface area contributed by atoms with Gasteiger partial charge in [-0.25, -0.2) is 8.42 Å². The van der Waals surface area contributed by atoms with Crippen LogP contribution in [0.15, 0.2) is 10.6 Å². The zero-order valence-electron chi connectivity index (χ0n) is 10.7. The Morgan fingerprint density at radius 1 is 1.42 bits per heavy atom. The van der Waals surface area contributed by atoms with Gasteiger partial charge >= 0.3 is 0 Å². The van der Waals surface area contributed by atoms with E-state index in [-0.39, 0.29) is 29.1 Å². The standard InChI is InChI=1S/C12H16N2O4S/c1-14(9-4-5-19(16,17)7-9)12(15)10-6-11(18-13-10)8-2-3-8/h6,8-9H,2-5,7H2,1H3/t9-/m1/s1. The summed E-state index contributed by atoms with van der Waals surface area (Å²) in [5.41, 5.74) is 0.272. The smallest absolute Gasteiger partial charge is 0.276 e. The van der Waals surface area contributed by atoms with Gasteiger partial charge in [0.15, 0.2) is 15.5 Å². The molecule has 19 heavy (non-hydrogen) atoms. The molecule has 7 heteroatoms. The zero-order chi connectivity index (χ0) is 13.6. The van der Waals surface area contributed by atoms with Crippen molar-refractivity contribution in [3.8, 4) is 0 Å². The van der Waals surface area contributed by atoms with Crippen LogP contribution < -0.4 is 0 Å². The van der Waals surface area contributed by atoms with E-state index < -0.39 is 9.84 Å². The molecule has 1 saturated heterocycles. The third-order valence-corrected chi connectivity index (χ3v) is 5.55. The Morgan fingerprint density at radius 2 is 2.16 bits per heavy atom. The minimum atomic E-state index is -2.99. The van der Waals surface area contributed by atoms with E-state index in [0.717, 1.165) is 18.6 Å². The van der Waals surface area contributed by atoms with Crippen LogP contribution in [-0.4, -0.2) is 49.0 Å². The first kappa shape index (κ1) is 12.7. The highest BCUT2D eigenvalue weighted by Gasteiger charge is 2.35. The van der Waals surface area contributed by atoms with Gasteiger partial charge in [-0.3, -0.25) is 4.79 Å². The molecular formula is C12H16N2O4S. The van der Waals surface area contributed by atoms with Crippen LogP contribution >= 0.6 is 0 Å². The summed E-state index contributed by atoms with van der Waals surface area (Å²) in [6.07, 6.45) is 2.66. The highest BCUT2D eigenvalue weighted by atomic mass is 32.2. The van der Waals surface area contributed by atoms with Crippen molar-refractivity contribution in [1.82, 2.24) is 10.1 Å². The molecule has 1 aliphatic heterocycles. The molecule has 1 aliphatic carbocycles. The number of carbonyl (C=O) groups is 1. The average molecular weight is 284 g/mol. The van der Waals surface area contributed by atoms with E-state index >= 15 is 0 Å². The maximum absolute atomic E-state index is 12.2. The Hall–Kier alpha value is -1.37. The Kier molecular flexibility index (Phi) is 2.88. The Bertz CT molecular complexity index is 603. The van der Waals surface area contributed by atoms with Crippen LogP contribution in [0.2, 0.25) is 0 Å². The van der Waals surface area contributed by atoms with Crippen molar-refractivity contribution in [2.75, 3.05) is 18.6 Å². The first-order valence-corrected chi connectivity index (χ1v) is 8.22. The Morgan fingerprint density at radius 3 is 2.74 bits per heavy atom. The molecule has 0 radical (unpaired) electrons. The second-order valence-electron chi connectivity index (χ2n) is 5.36. The summed E-state index contributed by atoms with van der Waals surface area (Å²) in [4.78, 5) is 13.7. The number of sulfone groups is 1. The van der Waals surface area contributed by atoms with Crippen LogP contribution in [-0.2, 0) is 9.84 Å². The number of carbonyl (C=O) groups excluding carboxylic acids is 1. The van der Waals surface area contributed by atoms with Crippen LogP contribution in [0.5, 0.6) is 0 Å². The van der Waals surface area contributed by atoms with Gasteiger partial charge < -0.3 is 9.42 Å². The normalized spacial score (nSPS) is 25.4. The van der Waals surface area contributed by atoms with E-state index in [9.17, 15) is 13.2 Å². The summed E-state index contributed by atoms with van der Waals surface area (Å²) < 4.78 is 28.0. The van der Waals surface area contributed by atoms with Crippen LogP contribution in [0.3, 0.4) is 0 Å². The highest BCUT2D eigenvalue weighted by Crippen LogP contribution is 2.40. The SMILES string of the molecule is CN(C(=O)c1cc(C2CC2)on1)[C@@H]1CCS(=O)(=O)C1. The number of amides is 1. The second-order valence-corrected chi connectivity index (χ2v) is 7.59. The van der Waals surface area contributed by atoms with Crippen molar-refractivity contribution in [3.63, 3.8) is 0 Å². The van der Waals surface area contributed by atoms with Gasteiger partial charge in [0.05, 0.1) is 11.5 Å². The largest absolute Gasteiger partial charge is 0.360 e. The number of rotatable bonds is 3. The minimum absolute atomic E-state index is 0.0442. The average Bonchev–Trinajstić information content (AvgIpc) is 2.98. The molecule has 2 fully saturated rings. The molecule has 1 aromatic rings. The van der Waals surface area contributed by atoms with Gasteiger partial charge in [0.25, 0.3) is 5.91 Å². The predicted octanol–water partition coefficient (Wildman–Crippen LogP) is 0.811. The van der Waals surface area contributed by atoms with Crippen LogP contribution in [0.1, 0.15) is 41.4 Å². The van der Waals surface area contributed by atoms with Crippen molar-refractivity contribution in [2.45, 2.75) is 31.2 Å². The third-order valence-electron chi connectivity index (χ3n) is 3.80. The van der Waals surface area contributed by atoms with E-state index in [2.05, 4.69) is 5.16 Å². The molecule has 0 unspecified atom stereocenters. The number of hydrogen-bond acceptors (Lipinski definition) is 5. The van der Waals surface area contributed by atoms with Crippen molar-refractivity contribution < 1.29 is 17.7 Å². The van der Waals surface area contributed by atoms with Gasteiger partial charge in [0, 0.05) is 25.1 Å². The van der Waals surface area contributed by atoms with Crippen molar-refractivity contribution >= 4 is 15.7 Å². The minimum Gasteiger partial charge on any atom is -0.360 e. The van der Waals surface area contributed by atoms with Crippen LogP contribution in [0.4, 0.5) is 0 Å². The number of aromatic nitrogens is 1. The fourth-order valence-corrected chi connectivity index (χ4v) is 4.15. The molecule has 1 aromatic heterocycles. The molecule has 104 valence electrons. The fraction of sp³-hybridized carbons (Fsp3) is 0.667. The van der Waals surface area contributed by atoms with E-state index in [0.29, 0.717) is 12.3 Å². The molecule has 2 aliphatic rings. The van der Waals surface area contributed by atoms with Crippen molar-refractivity contribution in [2.24, 2.45) is 0 Å². The molecule has 0 bridgehead atoms. The lowest BCUT2D eigenvalue weighted by Gasteiger charge is -2.21. The lowest BCUT2D eigenvalue weighted by molar-refractivity contribution is 0.0737. The summed E-state index contributed by atoms with van der Waals surface area (Å²) in [5, 5.41) is 3.79. The highest BCUT2D eigenvalue weighted by molar-refractivity contribution is 7.91. The van der Waals surface area contributed by atoms with E-state index in [1.807, 2.05) is 0 Å². The maximum atomic E-state index is 12.2. The molecule has 1 atom stereocenters. The van der Waals surface area contributed by atoms with Gasteiger partial charge in [-0.05, 0) is 19.3 Å². The summed E-state index contributed by atoms with van der Waals surface area (Å²) >= 11 is 0.